The molecular weight excluding hydrogens is 264 g/mol. The van der Waals surface area contributed by atoms with E-state index in [9.17, 15) is 0 Å². The van der Waals surface area contributed by atoms with E-state index in [1.807, 2.05) is 0 Å². The van der Waals surface area contributed by atoms with Crippen molar-refractivity contribution in [3.63, 3.8) is 0 Å². The van der Waals surface area contributed by atoms with E-state index in [1.165, 1.54) is 37.4 Å². The summed E-state index contributed by atoms with van der Waals surface area (Å²) in [5.74, 6) is 1.33. The molecule has 1 fully saturated rings. The van der Waals surface area contributed by atoms with Gasteiger partial charge < -0.3 is 4.90 Å². The van der Waals surface area contributed by atoms with Gasteiger partial charge in [-0.2, -0.15) is 0 Å². The lowest BCUT2D eigenvalue weighted by atomic mass is 10.0. The minimum Gasteiger partial charge on any atom is -0.300 e. The third-order valence-corrected chi connectivity index (χ3v) is 4.99. The van der Waals surface area contributed by atoms with Gasteiger partial charge >= 0.3 is 0 Å². The molecule has 1 aliphatic rings. The first-order valence-electron chi connectivity index (χ1n) is 6.94. The molecule has 0 amide bonds. The van der Waals surface area contributed by atoms with Crippen LogP contribution in [0.1, 0.15) is 43.8 Å². The van der Waals surface area contributed by atoms with Crippen LogP contribution < -0.4 is 0 Å². The Morgan fingerprint density at radius 1 is 1.56 bits per heavy atom. The Hall–Kier alpha value is -0.120. The van der Waals surface area contributed by atoms with Crippen molar-refractivity contribution >= 4 is 22.9 Å². The van der Waals surface area contributed by atoms with Crippen LogP contribution in [-0.4, -0.2) is 29.0 Å². The summed E-state index contributed by atoms with van der Waals surface area (Å²) in [5, 5.41) is 3.32. The maximum atomic E-state index is 5.77. The number of alkyl halides is 1. The topological polar surface area (TPSA) is 16.1 Å². The molecule has 1 saturated heterocycles. The van der Waals surface area contributed by atoms with Gasteiger partial charge in [-0.1, -0.05) is 13.8 Å². The third-order valence-electron chi connectivity index (χ3n) is 3.76. The van der Waals surface area contributed by atoms with E-state index in [0.29, 0.717) is 5.88 Å². The van der Waals surface area contributed by atoms with Crippen molar-refractivity contribution in [3.8, 4) is 0 Å². The number of likely N-dealkylation sites (tertiary alicyclic amines) is 1. The molecule has 1 aliphatic heterocycles. The van der Waals surface area contributed by atoms with Gasteiger partial charge in [0.1, 0.15) is 0 Å². The largest absolute Gasteiger partial charge is 0.300 e. The van der Waals surface area contributed by atoms with Crippen LogP contribution in [0.15, 0.2) is 5.38 Å². The normalized spacial score (nSPS) is 21.0. The fraction of sp³-hybridized carbons (Fsp3) is 0.786. The van der Waals surface area contributed by atoms with E-state index in [4.69, 9.17) is 11.6 Å². The summed E-state index contributed by atoms with van der Waals surface area (Å²) in [5.41, 5.74) is 1.03. The van der Waals surface area contributed by atoms with Gasteiger partial charge in [-0.15, -0.1) is 22.9 Å². The second-order valence-electron chi connectivity index (χ2n) is 5.46. The first-order chi connectivity index (χ1) is 8.70. The van der Waals surface area contributed by atoms with Crippen molar-refractivity contribution in [2.45, 2.75) is 51.5 Å². The van der Waals surface area contributed by atoms with Crippen molar-refractivity contribution in [3.05, 3.63) is 16.1 Å². The van der Waals surface area contributed by atoms with Crippen LogP contribution in [0, 0.1) is 5.92 Å². The van der Waals surface area contributed by atoms with Gasteiger partial charge in [0.05, 0.1) is 16.6 Å². The second-order valence-corrected chi connectivity index (χ2v) is 6.67. The summed E-state index contributed by atoms with van der Waals surface area (Å²) in [6.07, 6.45) is 5.07. The molecule has 1 unspecified atom stereocenters. The van der Waals surface area contributed by atoms with Gasteiger partial charge in [-0.25, -0.2) is 4.98 Å². The Kier molecular flexibility index (Phi) is 5.46. The van der Waals surface area contributed by atoms with Gasteiger partial charge in [0.2, 0.25) is 0 Å². The zero-order valence-corrected chi connectivity index (χ0v) is 12.9. The predicted molar refractivity (Wildman–Crippen MR) is 79.4 cm³/mol. The van der Waals surface area contributed by atoms with E-state index in [2.05, 4.69) is 29.1 Å². The maximum absolute atomic E-state index is 5.77. The quantitative estimate of drug-likeness (QED) is 0.737. The summed E-state index contributed by atoms with van der Waals surface area (Å²) in [6, 6.07) is 0.805. The molecule has 2 heterocycles. The van der Waals surface area contributed by atoms with Crippen LogP contribution in [0.5, 0.6) is 0 Å². The number of aryl methyl sites for hydroxylation is 1. The molecule has 102 valence electrons. The van der Waals surface area contributed by atoms with Crippen molar-refractivity contribution in [1.82, 2.24) is 9.88 Å². The number of aromatic nitrogens is 1. The van der Waals surface area contributed by atoms with Crippen LogP contribution in [0.25, 0.3) is 0 Å². The van der Waals surface area contributed by atoms with Crippen LogP contribution in [-0.2, 0) is 12.3 Å². The zero-order valence-electron chi connectivity index (χ0n) is 11.4. The van der Waals surface area contributed by atoms with Crippen molar-refractivity contribution in [2.24, 2.45) is 5.92 Å². The van der Waals surface area contributed by atoms with E-state index in [1.54, 1.807) is 11.3 Å². The lowest BCUT2D eigenvalue weighted by Gasteiger charge is -2.27. The molecular formula is C14H23ClN2S. The van der Waals surface area contributed by atoms with Gasteiger partial charge in [-0.05, 0) is 38.3 Å². The van der Waals surface area contributed by atoms with E-state index in [-0.39, 0.29) is 0 Å². The highest BCUT2D eigenvalue weighted by Gasteiger charge is 2.26. The smallest absolute Gasteiger partial charge is 0.0929 e. The third kappa shape index (κ3) is 3.69. The summed E-state index contributed by atoms with van der Waals surface area (Å²) in [4.78, 5) is 7.18. The molecule has 0 bridgehead atoms. The molecule has 1 atom stereocenters. The highest BCUT2D eigenvalue weighted by molar-refractivity contribution is 7.09. The second kappa shape index (κ2) is 6.88. The minimum absolute atomic E-state index is 0.540. The molecule has 0 aromatic carbocycles. The Balaban J connectivity index is 1.74. The van der Waals surface area contributed by atoms with E-state index < -0.39 is 0 Å². The lowest BCUT2D eigenvalue weighted by Crippen LogP contribution is -2.34. The van der Waals surface area contributed by atoms with E-state index in [0.717, 1.165) is 24.1 Å². The summed E-state index contributed by atoms with van der Waals surface area (Å²) in [6.45, 7) is 7.19. The highest BCUT2D eigenvalue weighted by Crippen LogP contribution is 2.24. The molecule has 4 heteroatoms. The number of thiazole rings is 1. The van der Waals surface area contributed by atoms with Crippen LogP contribution in [0.4, 0.5) is 0 Å². The lowest BCUT2D eigenvalue weighted by molar-refractivity contribution is 0.204. The molecule has 0 saturated carbocycles. The molecule has 1 aromatic heterocycles. The molecule has 0 radical (unpaired) electrons. The standard InChI is InChI=1S/C14H23ClN2S/c1-11(2)13-5-3-7-17(13)8-4-6-14-16-12(9-15)10-18-14/h10-11,13H,3-9H2,1-2H3. The zero-order chi connectivity index (χ0) is 13.0. The van der Waals surface area contributed by atoms with E-state index >= 15 is 0 Å². The highest BCUT2D eigenvalue weighted by atomic mass is 35.5. The fourth-order valence-corrected chi connectivity index (χ4v) is 3.91. The van der Waals surface area contributed by atoms with Gasteiger partial charge in [0.25, 0.3) is 0 Å². The fourth-order valence-electron chi connectivity index (χ4n) is 2.84. The van der Waals surface area contributed by atoms with Gasteiger partial charge in [0, 0.05) is 17.8 Å². The molecule has 1 aromatic rings. The Morgan fingerprint density at radius 2 is 2.39 bits per heavy atom. The summed E-state index contributed by atoms with van der Waals surface area (Å²) in [7, 11) is 0. The molecule has 2 rings (SSSR count). The molecule has 18 heavy (non-hydrogen) atoms. The minimum atomic E-state index is 0.540. The number of halogens is 1. The van der Waals surface area contributed by atoms with Crippen LogP contribution in [0.2, 0.25) is 0 Å². The summed E-state index contributed by atoms with van der Waals surface area (Å²) < 4.78 is 0. The van der Waals surface area contributed by atoms with Gasteiger partial charge in [0.15, 0.2) is 0 Å². The SMILES string of the molecule is CC(C)C1CCCN1CCCc1nc(CCl)cs1. The number of rotatable bonds is 6. The number of hydrogen-bond donors (Lipinski definition) is 0. The maximum Gasteiger partial charge on any atom is 0.0929 e. The Labute approximate surface area is 119 Å². The molecule has 2 nitrogen and oxygen atoms in total. The van der Waals surface area contributed by atoms with Crippen molar-refractivity contribution in [2.75, 3.05) is 13.1 Å². The van der Waals surface area contributed by atoms with Crippen LogP contribution >= 0.6 is 22.9 Å². The Bertz CT molecular complexity index is 364. The predicted octanol–water partition coefficient (Wildman–Crippen LogP) is 3.93. The molecule has 0 spiro atoms. The van der Waals surface area contributed by atoms with Crippen LogP contribution in [0.3, 0.4) is 0 Å². The Morgan fingerprint density at radius 3 is 3.06 bits per heavy atom. The molecule has 0 N–H and O–H groups in total. The number of hydrogen-bond acceptors (Lipinski definition) is 3. The first kappa shape index (κ1) is 14.3. The number of nitrogens with zero attached hydrogens (tertiary/aromatic N) is 2. The van der Waals surface area contributed by atoms with Crippen molar-refractivity contribution in [1.29, 1.82) is 0 Å². The average molecular weight is 287 g/mol. The first-order valence-corrected chi connectivity index (χ1v) is 8.35. The van der Waals surface area contributed by atoms with Crippen molar-refractivity contribution < 1.29 is 0 Å². The average Bonchev–Trinajstić information content (AvgIpc) is 2.97. The molecule has 0 aliphatic carbocycles. The van der Waals surface area contributed by atoms with Gasteiger partial charge in [-0.3, -0.25) is 0 Å². The monoisotopic (exact) mass is 286 g/mol. The summed E-state index contributed by atoms with van der Waals surface area (Å²) >= 11 is 7.52.